The van der Waals surface area contributed by atoms with Gasteiger partial charge in [0, 0.05) is 11.1 Å². The summed E-state index contributed by atoms with van der Waals surface area (Å²) in [6.45, 7) is 4.16. The number of nitrogens with zero attached hydrogens (tertiary/aromatic N) is 1. The van der Waals surface area contributed by atoms with E-state index in [1.807, 2.05) is 66.7 Å². The van der Waals surface area contributed by atoms with Crippen LogP contribution in [-0.4, -0.2) is 4.98 Å². The summed E-state index contributed by atoms with van der Waals surface area (Å²) in [5.41, 5.74) is 4.28. The highest BCUT2D eigenvalue weighted by molar-refractivity contribution is 5.81. The average Bonchev–Trinajstić information content (AvgIpc) is 2.65. The molecule has 0 bridgehead atoms. The van der Waals surface area contributed by atoms with Crippen LogP contribution in [0.2, 0.25) is 0 Å². The Morgan fingerprint density at radius 1 is 0.731 bits per heavy atom. The Morgan fingerprint density at radius 2 is 1.42 bits per heavy atom. The lowest BCUT2D eigenvalue weighted by Gasteiger charge is -2.15. The van der Waals surface area contributed by atoms with Crippen molar-refractivity contribution < 1.29 is 4.74 Å². The van der Waals surface area contributed by atoms with Gasteiger partial charge >= 0.3 is 0 Å². The molecule has 128 valence electrons. The third kappa shape index (κ3) is 3.38. The van der Waals surface area contributed by atoms with E-state index in [9.17, 15) is 0 Å². The van der Waals surface area contributed by atoms with Crippen LogP contribution in [0.3, 0.4) is 0 Å². The molecular weight excluding hydrogens is 320 g/mol. The molecule has 0 aliphatic rings. The SMILES string of the molecule is Cc1cc(Oc2ccccc2)cc(C)c1Nc1ccc2ccccc2n1. The van der Waals surface area contributed by atoms with Crippen molar-refractivity contribution in [2.75, 3.05) is 5.32 Å². The van der Waals surface area contributed by atoms with Crippen LogP contribution in [0.5, 0.6) is 11.5 Å². The Bertz CT molecular complexity index is 1030. The molecule has 0 amide bonds. The van der Waals surface area contributed by atoms with Gasteiger partial charge in [-0.25, -0.2) is 4.98 Å². The summed E-state index contributed by atoms with van der Waals surface area (Å²) in [6.07, 6.45) is 0. The molecule has 26 heavy (non-hydrogen) atoms. The molecular formula is C23H20N2O. The molecule has 1 aromatic heterocycles. The number of nitrogens with one attached hydrogen (secondary N) is 1. The minimum absolute atomic E-state index is 0.836. The zero-order chi connectivity index (χ0) is 17.9. The second-order valence-corrected chi connectivity index (χ2v) is 6.36. The first-order valence-corrected chi connectivity index (χ1v) is 8.66. The topological polar surface area (TPSA) is 34.1 Å². The van der Waals surface area contributed by atoms with Gasteiger partial charge in [0.05, 0.1) is 5.52 Å². The Labute approximate surface area is 153 Å². The second kappa shape index (κ2) is 6.89. The predicted molar refractivity (Wildman–Crippen MR) is 107 cm³/mol. The zero-order valence-corrected chi connectivity index (χ0v) is 14.9. The lowest BCUT2D eigenvalue weighted by atomic mass is 10.1. The highest BCUT2D eigenvalue weighted by atomic mass is 16.5. The predicted octanol–water partition coefficient (Wildman–Crippen LogP) is 6.39. The van der Waals surface area contributed by atoms with Gasteiger partial charge < -0.3 is 10.1 Å². The van der Waals surface area contributed by atoms with E-state index in [1.54, 1.807) is 0 Å². The molecule has 4 aromatic rings. The fourth-order valence-electron chi connectivity index (χ4n) is 3.07. The van der Waals surface area contributed by atoms with Crippen LogP contribution in [0, 0.1) is 13.8 Å². The van der Waals surface area contributed by atoms with E-state index < -0.39 is 0 Å². The Kier molecular flexibility index (Phi) is 4.28. The van der Waals surface area contributed by atoms with Gasteiger partial charge in [-0.3, -0.25) is 0 Å². The number of hydrogen-bond donors (Lipinski definition) is 1. The average molecular weight is 340 g/mol. The van der Waals surface area contributed by atoms with Crippen molar-refractivity contribution >= 4 is 22.4 Å². The maximum Gasteiger partial charge on any atom is 0.131 e. The van der Waals surface area contributed by atoms with Crippen molar-refractivity contribution in [1.29, 1.82) is 0 Å². The van der Waals surface area contributed by atoms with Crippen LogP contribution in [0.1, 0.15) is 11.1 Å². The Hall–Kier alpha value is -3.33. The molecule has 3 aromatic carbocycles. The van der Waals surface area contributed by atoms with E-state index in [-0.39, 0.29) is 0 Å². The lowest BCUT2D eigenvalue weighted by Crippen LogP contribution is -1.99. The molecule has 4 rings (SSSR count). The molecule has 0 saturated heterocycles. The smallest absolute Gasteiger partial charge is 0.131 e. The molecule has 3 nitrogen and oxygen atoms in total. The van der Waals surface area contributed by atoms with Crippen molar-refractivity contribution in [1.82, 2.24) is 4.98 Å². The quantitative estimate of drug-likeness (QED) is 0.467. The van der Waals surface area contributed by atoms with Gasteiger partial charge in [0.2, 0.25) is 0 Å². The fraction of sp³-hybridized carbons (Fsp3) is 0.0870. The number of anilines is 2. The van der Waals surface area contributed by atoms with Gasteiger partial charge in [-0.05, 0) is 67.4 Å². The van der Waals surface area contributed by atoms with Crippen LogP contribution in [-0.2, 0) is 0 Å². The fourth-order valence-corrected chi connectivity index (χ4v) is 3.07. The first kappa shape index (κ1) is 16.2. The molecule has 0 unspecified atom stereocenters. The normalized spacial score (nSPS) is 10.7. The van der Waals surface area contributed by atoms with Crippen molar-refractivity contribution in [3.05, 3.63) is 90.0 Å². The van der Waals surface area contributed by atoms with E-state index in [4.69, 9.17) is 9.72 Å². The van der Waals surface area contributed by atoms with Gasteiger partial charge in [-0.2, -0.15) is 0 Å². The van der Waals surface area contributed by atoms with Crippen molar-refractivity contribution in [2.45, 2.75) is 13.8 Å². The number of fused-ring (bicyclic) bond motifs is 1. The molecule has 0 aliphatic carbocycles. The van der Waals surface area contributed by atoms with Crippen LogP contribution < -0.4 is 10.1 Å². The molecule has 3 heteroatoms. The molecule has 0 saturated carbocycles. The van der Waals surface area contributed by atoms with Crippen LogP contribution in [0.15, 0.2) is 78.9 Å². The summed E-state index contributed by atoms with van der Waals surface area (Å²) in [7, 11) is 0. The number of para-hydroxylation sites is 2. The van der Waals surface area contributed by atoms with Gasteiger partial charge in [0.15, 0.2) is 0 Å². The maximum atomic E-state index is 5.96. The number of ether oxygens (including phenoxy) is 1. The first-order chi connectivity index (χ1) is 12.7. The molecule has 0 spiro atoms. The minimum Gasteiger partial charge on any atom is -0.457 e. The van der Waals surface area contributed by atoms with Gasteiger partial charge in [0.1, 0.15) is 17.3 Å². The Balaban J connectivity index is 1.61. The minimum atomic E-state index is 0.836. The highest BCUT2D eigenvalue weighted by Gasteiger charge is 2.08. The molecule has 0 atom stereocenters. The molecule has 1 N–H and O–H groups in total. The number of aromatic nitrogens is 1. The van der Waals surface area contributed by atoms with E-state index in [0.29, 0.717) is 0 Å². The monoisotopic (exact) mass is 340 g/mol. The van der Waals surface area contributed by atoms with E-state index >= 15 is 0 Å². The number of aryl methyl sites for hydroxylation is 2. The number of hydrogen-bond acceptors (Lipinski definition) is 3. The summed E-state index contributed by atoms with van der Waals surface area (Å²) in [5, 5.41) is 4.59. The van der Waals surface area contributed by atoms with Crippen molar-refractivity contribution in [3.63, 3.8) is 0 Å². The van der Waals surface area contributed by atoms with Gasteiger partial charge in [0.25, 0.3) is 0 Å². The number of rotatable bonds is 4. The summed E-state index contributed by atoms with van der Waals surface area (Å²) in [4.78, 5) is 4.70. The first-order valence-electron chi connectivity index (χ1n) is 8.66. The summed E-state index contributed by atoms with van der Waals surface area (Å²) >= 11 is 0. The Morgan fingerprint density at radius 3 is 2.19 bits per heavy atom. The standard InChI is InChI=1S/C23H20N2O/c1-16-14-20(26-19-9-4-3-5-10-19)15-17(2)23(16)25-22-13-12-18-8-6-7-11-21(18)24-22/h3-15H,1-2H3,(H,24,25). The van der Waals surface area contributed by atoms with Crippen LogP contribution in [0.4, 0.5) is 11.5 Å². The summed E-state index contributed by atoms with van der Waals surface area (Å²) < 4.78 is 5.96. The van der Waals surface area contributed by atoms with Crippen LogP contribution >= 0.6 is 0 Å². The maximum absolute atomic E-state index is 5.96. The molecule has 0 fully saturated rings. The third-order valence-electron chi connectivity index (χ3n) is 4.34. The highest BCUT2D eigenvalue weighted by Crippen LogP contribution is 2.31. The number of benzene rings is 3. The van der Waals surface area contributed by atoms with E-state index in [0.717, 1.165) is 45.0 Å². The zero-order valence-electron chi connectivity index (χ0n) is 14.9. The van der Waals surface area contributed by atoms with Gasteiger partial charge in [-0.1, -0.05) is 36.4 Å². The van der Waals surface area contributed by atoms with Crippen molar-refractivity contribution in [3.8, 4) is 11.5 Å². The van der Waals surface area contributed by atoms with Crippen LogP contribution in [0.25, 0.3) is 10.9 Å². The van der Waals surface area contributed by atoms with Gasteiger partial charge in [-0.15, -0.1) is 0 Å². The number of pyridine rings is 1. The van der Waals surface area contributed by atoms with Crippen molar-refractivity contribution in [2.24, 2.45) is 0 Å². The summed E-state index contributed by atoms with van der Waals surface area (Å²) in [6, 6.07) is 26.1. The van der Waals surface area contributed by atoms with E-state index in [2.05, 4.69) is 31.3 Å². The molecule has 0 radical (unpaired) electrons. The van der Waals surface area contributed by atoms with E-state index in [1.165, 1.54) is 0 Å². The second-order valence-electron chi connectivity index (χ2n) is 6.36. The third-order valence-corrected chi connectivity index (χ3v) is 4.34. The molecule has 0 aliphatic heterocycles. The summed E-state index contributed by atoms with van der Waals surface area (Å²) in [5.74, 6) is 2.51. The largest absolute Gasteiger partial charge is 0.457 e. The lowest BCUT2D eigenvalue weighted by molar-refractivity contribution is 0.482. The molecule has 1 heterocycles.